The number of para-hydroxylation sites is 1. The van der Waals surface area contributed by atoms with Crippen LogP contribution in [0.3, 0.4) is 0 Å². The molecule has 0 aliphatic heterocycles. The summed E-state index contributed by atoms with van der Waals surface area (Å²) in [5.74, 6) is -0.691. The molecule has 0 atom stereocenters. The second kappa shape index (κ2) is 8.70. The van der Waals surface area contributed by atoms with Crippen LogP contribution in [0.15, 0.2) is 71.8 Å². The summed E-state index contributed by atoms with van der Waals surface area (Å²) in [6, 6.07) is 18.3. The van der Waals surface area contributed by atoms with Gasteiger partial charge in [-0.3, -0.25) is 19.2 Å². The van der Waals surface area contributed by atoms with Crippen molar-refractivity contribution in [2.24, 2.45) is 5.10 Å². The Labute approximate surface area is 172 Å². The van der Waals surface area contributed by atoms with Gasteiger partial charge in [-0.05, 0) is 17.5 Å². The van der Waals surface area contributed by atoms with Crippen LogP contribution in [0.2, 0.25) is 0 Å². The van der Waals surface area contributed by atoms with Gasteiger partial charge in [-0.25, -0.2) is 13.8 Å². The van der Waals surface area contributed by atoms with Crippen molar-refractivity contribution >= 4 is 44.3 Å². The smallest absolute Gasteiger partial charge is 0.271 e. The Balaban J connectivity index is 1.82. The van der Waals surface area contributed by atoms with E-state index in [2.05, 4.69) is 10.5 Å². The summed E-state index contributed by atoms with van der Waals surface area (Å²) in [7, 11) is -3.77. The van der Waals surface area contributed by atoms with Gasteiger partial charge in [0, 0.05) is 11.5 Å². The number of carbonyl (C=O) groups excluding carboxylic acids is 1. The standard InChI is InChI=1S/C20H18N4O5S/c1-30(28,29)23(19-12-6-9-15-7-2-4-10-17(15)19)14-20(25)22-21-13-16-8-3-5-11-18(16)24(26)27/h2-13H,14H2,1H3,(H,22,25)/b21-13+. The minimum absolute atomic E-state index is 0.163. The zero-order valence-corrected chi connectivity index (χ0v) is 16.7. The first-order chi connectivity index (χ1) is 14.3. The first kappa shape index (κ1) is 20.9. The lowest BCUT2D eigenvalue weighted by Crippen LogP contribution is -2.39. The van der Waals surface area contributed by atoms with E-state index in [4.69, 9.17) is 0 Å². The molecule has 1 amide bonds. The minimum Gasteiger partial charge on any atom is -0.271 e. The van der Waals surface area contributed by atoms with Crippen molar-refractivity contribution in [3.05, 3.63) is 82.4 Å². The topological polar surface area (TPSA) is 122 Å². The molecule has 3 rings (SSSR count). The van der Waals surface area contributed by atoms with Crippen LogP contribution < -0.4 is 9.73 Å². The third kappa shape index (κ3) is 4.78. The van der Waals surface area contributed by atoms with Crippen LogP contribution in [0.1, 0.15) is 5.56 Å². The Morgan fingerprint density at radius 2 is 1.77 bits per heavy atom. The van der Waals surface area contributed by atoms with E-state index in [1.807, 2.05) is 18.2 Å². The van der Waals surface area contributed by atoms with Crippen molar-refractivity contribution in [3.8, 4) is 0 Å². The molecule has 0 fully saturated rings. The zero-order valence-electron chi connectivity index (χ0n) is 15.9. The monoisotopic (exact) mass is 426 g/mol. The predicted octanol–water partition coefficient (Wildman–Crippen LogP) is 2.66. The van der Waals surface area contributed by atoms with Crippen molar-refractivity contribution in [2.75, 3.05) is 17.1 Å². The van der Waals surface area contributed by atoms with Crippen molar-refractivity contribution < 1.29 is 18.1 Å². The van der Waals surface area contributed by atoms with Gasteiger partial charge < -0.3 is 0 Å². The summed E-state index contributed by atoms with van der Waals surface area (Å²) in [4.78, 5) is 22.8. The van der Waals surface area contributed by atoms with Crippen molar-refractivity contribution in [1.82, 2.24) is 5.43 Å². The Morgan fingerprint density at radius 3 is 2.50 bits per heavy atom. The molecule has 0 bridgehead atoms. The number of nitro benzene ring substituents is 1. The fourth-order valence-corrected chi connectivity index (χ4v) is 3.78. The van der Waals surface area contributed by atoms with Crippen molar-refractivity contribution in [3.63, 3.8) is 0 Å². The number of amides is 1. The van der Waals surface area contributed by atoms with Crippen molar-refractivity contribution in [2.45, 2.75) is 0 Å². The number of hydrazone groups is 1. The molecule has 9 nitrogen and oxygen atoms in total. The molecule has 10 heteroatoms. The molecule has 0 saturated carbocycles. The average Bonchev–Trinajstić information content (AvgIpc) is 2.71. The molecule has 3 aromatic rings. The Hall–Kier alpha value is -3.79. The van der Waals surface area contributed by atoms with Crippen LogP contribution in [-0.2, 0) is 14.8 Å². The van der Waals surface area contributed by atoms with E-state index >= 15 is 0 Å². The number of hydrogen-bond donors (Lipinski definition) is 1. The zero-order chi connectivity index (χ0) is 21.7. The molecule has 1 N–H and O–H groups in total. The number of anilines is 1. The van der Waals surface area contributed by atoms with E-state index in [1.165, 1.54) is 18.2 Å². The van der Waals surface area contributed by atoms with E-state index in [9.17, 15) is 23.3 Å². The second-order valence-corrected chi connectivity index (χ2v) is 8.28. The van der Waals surface area contributed by atoms with E-state index in [0.717, 1.165) is 22.2 Å². The number of nitrogens with zero attached hydrogens (tertiary/aromatic N) is 3. The maximum absolute atomic E-state index is 12.4. The number of nitrogens with one attached hydrogen (secondary N) is 1. The molecule has 0 radical (unpaired) electrons. The molecule has 3 aromatic carbocycles. The largest absolute Gasteiger partial charge is 0.278 e. The molecule has 30 heavy (non-hydrogen) atoms. The third-order valence-electron chi connectivity index (χ3n) is 4.25. The van der Waals surface area contributed by atoms with Gasteiger partial charge in [-0.2, -0.15) is 5.10 Å². The van der Waals surface area contributed by atoms with Crippen LogP contribution in [0.4, 0.5) is 11.4 Å². The number of benzene rings is 3. The molecule has 0 aliphatic carbocycles. The van der Waals surface area contributed by atoms with Crippen LogP contribution in [-0.4, -0.2) is 38.3 Å². The molecule has 0 unspecified atom stereocenters. The molecule has 154 valence electrons. The van der Waals surface area contributed by atoms with Gasteiger partial charge in [-0.1, -0.05) is 48.5 Å². The lowest BCUT2D eigenvalue weighted by molar-refractivity contribution is -0.385. The summed E-state index contributed by atoms with van der Waals surface area (Å²) < 4.78 is 25.7. The van der Waals surface area contributed by atoms with Crippen molar-refractivity contribution in [1.29, 1.82) is 0 Å². The fraction of sp³-hybridized carbons (Fsp3) is 0.100. The molecule has 0 aromatic heterocycles. The highest BCUT2D eigenvalue weighted by Gasteiger charge is 2.22. The van der Waals surface area contributed by atoms with E-state index in [-0.39, 0.29) is 11.3 Å². The second-order valence-electron chi connectivity index (χ2n) is 6.38. The average molecular weight is 426 g/mol. The van der Waals surface area contributed by atoms with Gasteiger partial charge in [0.2, 0.25) is 10.0 Å². The number of sulfonamides is 1. The van der Waals surface area contributed by atoms with E-state index in [0.29, 0.717) is 11.1 Å². The van der Waals surface area contributed by atoms with Gasteiger partial charge >= 0.3 is 0 Å². The first-order valence-corrected chi connectivity index (χ1v) is 10.6. The Bertz CT molecular complexity index is 1240. The van der Waals surface area contributed by atoms with Crippen LogP contribution >= 0.6 is 0 Å². The summed E-state index contributed by atoms with van der Waals surface area (Å²) in [5, 5.41) is 16.3. The molecule has 0 spiro atoms. The quantitative estimate of drug-likeness (QED) is 0.354. The Kier molecular flexibility index (Phi) is 6.07. The lowest BCUT2D eigenvalue weighted by Gasteiger charge is -2.23. The van der Waals surface area contributed by atoms with Gasteiger partial charge in [0.25, 0.3) is 11.6 Å². The van der Waals surface area contributed by atoms with Gasteiger partial charge in [0.05, 0.1) is 28.6 Å². The van der Waals surface area contributed by atoms with E-state index in [1.54, 1.807) is 30.3 Å². The van der Waals surface area contributed by atoms with Gasteiger partial charge in [0.15, 0.2) is 0 Å². The minimum atomic E-state index is -3.77. The van der Waals surface area contributed by atoms with Gasteiger partial charge in [-0.15, -0.1) is 0 Å². The maximum Gasteiger partial charge on any atom is 0.278 e. The summed E-state index contributed by atoms with van der Waals surface area (Å²) in [6.45, 7) is -0.499. The first-order valence-electron chi connectivity index (χ1n) is 8.78. The molecule has 0 aliphatic rings. The number of rotatable bonds is 7. The molecular formula is C20H18N4O5S. The highest BCUT2D eigenvalue weighted by molar-refractivity contribution is 7.92. The van der Waals surface area contributed by atoms with E-state index < -0.39 is 27.4 Å². The molecule has 0 saturated heterocycles. The molecular weight excluding hydrogens is 408 g/mol. The van der Waals surface area contributed by atoms with Crippen LogP contribution in [0, 0.1) is 10.1 Å². The summed E-state index contributed by atoms with van der Waals surface area (Å²) in [6.07, 6.45) is 2.15. The highest BCUT2D eigenvalue weighted by Crippen LogP contribution is 2.28. The number of nitro groups is 1. The number of carbonyl (C=O) groups is 1. The van der Waals surface area contributed by atoms with Crippen LogP contribution in [0.5, 0.6) is 0 Å². The third-order valence-corrected chi connectivity index (χ3v) is 5.38. The predicted molar refractivity (Wildman–Crippen MR) is 115 cm³/mol. The number of hydrogen-bond acceptors (Lipinski definition) is 6. The normalized spacial score (nSPS) is 11.5. The SMILES string of the molecule is CS(=O)(=O)N(CC(=O)N/N=C/c1ccccc1[N+](=O)[O-])c1cccc2ccccc12. The highest BCUT2D eigenvalue weighted by atomic mass is 32.2. The number of fused-ring (bicyclic) bond motifs is 1. The summed E-state index contributed by atoms with van der Waals surface area (Å²) >= 11 is 0. The molecule has 0 heterocycles. The lowest BCUT2D eigenvalue weighted by atomic mass is 10.1. The Morgan fingerprint density at radius 1 is 1.10 bits per heavy atom. The van der Waals surface area contributed by atoms with Crippen LogP contribution in [0.25, 0.3) is 10.8 Å². The van der Waals surface area contributed by atoms with Gasteiger partial charge in [0.1, 0.15) is 6.54 Å². The summed E-state index contributed by atoms with van der Waals surface area (Å²) in [5.41, 5.74) is 2.63. The fourth-order valence-electron chi connectivity index (χ4n) is 2.91. The maximum atomic E-state index is 12.4.